The summed E-state index contributed by atoms with van der Waals surface area (Å²) in [6.45, 7) is 5.79. The van der Waals surface area contributed by atoms with Gasteiger partial charge in [-0.1, -0.05) is 17.7 Å². The molecule has 0 aliphatic heterocycles. The molecule has 0 aliphatic carbocycles. The highest BCUT2D eigenvalue weighted by atomic mass is 35.5. The van der Waals surface area contributed by atoms with Gasteiger partial charge in [0.05, 0.1) is 24.3 Å². The minimum absolute atomic E-state index is 0.0164. The third-order valence-electron chi connectivity index (χ3n) is 3.36. The van der Waals surface area contributed by atoms with Crippen molar-refractivity contribution in [3.8, 4) is 11.5 Å². The summed E-state index contributed by atoms with van der Waals surface area (Å²) in [7, 11) is 1.56. The molecule has 1 aromatic carbocycles. The lowest BCUT2D eigenvalue weighted by molar-refractivity contribution is -0.117. The largest absolute Gasteiger partial charge is 0.493 e. The van der Waals surface area contributed by atoms with Crippen LogP contribution in [-0.4, -0.2) is 19.1 Å². The maximum Gasteiger partial charge on any atom is 0.244 e. The zero-order valence-corrected chi connectivity index (χ0v) is 16.3. The molecule has 2 rings (SSSR count). The van der Waals surface area contributed by atoms with Crippen molar-refractivity contribution in [2.75, 3.05) is 7.11 Å². The van der Waals surface area contributed by atoms with Crippen molar-refractivity contribution in [3.63, 3.8) is 0 Å². The average Bonchev–Trinajstić information content (AvgIpc) is 3.09. The molecule has 1 atom stereocenters. The van der Waals surface area contributed by atoms with Crippen LogP contribution in [0, 0.1) is 0 Å². The van der Waals surface area contributed by atoms with Gasteiger partial charge in [0.25, 0.3) is 0 Å². The van der Waals surface area contributed by atoms with Gasteiger partial charge in [-0.25, -0.2) is 0 Å². The minimum Gasteiger partial charge on any atom is -0.493 e. The molecule has 0 bridgehead atoms. The van der Waals surface area contributed by atoms with E-state index in [1.807, 2.05) is 38.3 Å². The van der Waals surface area contributed by atoms with E-state index in [0.29, 0.717) is 16.5 Å². The molecule has 6 heteroatoms. The summed E-state index contributed by atoms with van der Waals surface area (Å²) in [5.41, 5.74) is 0.761. The van der Waals surface area contributed by atoms with Crippen LogP contribution in [0.25, 0.3) is 6.08 Å². The second kappa shape index (κ2) is 8.92. The lowest BCUT2D eigenvalue weighted by atomic mass is 10.1. The van der Waals surface area contributed by atoms with Gasteiger partial charge in [-0.2, -0.15) is 0 Å². The zero-order chi connectivity index (χ0) is 18.4. The summed E-state index contributed by atoms with van der Waals surface area (Å²) in [5, 5.41) is 5.36. The van der Waals surface area contributed by atoms with Crippen LogP contribution in [0.3, 0.4) is 0 Å². The maximum absolute atomic E-state index is 12.1. The lowest BCUT2D eigenvalue weighted by Crippen LogP contribution is -2.23. The Hall–Kier alpha value is -1.98. The fourth-order valence-corrected chi connectivity index (χ4v) is 3.23. The lowest BCUT2D eigenvalue weighted by Gasteiger charge is -2.15. The molecule has 0 aliphatic rings. The number of carbonyl (C=O) groups is 1. The average molecular weight is 380 g/mol. The third kappa shape index (κ3) is 5.51. The van der Waals surface area contributed by atoms with Gasteiger partial charge in [0.2, 0.25) is 5.91 Å². The Morgan fingerprint density at radius 3 is 2.68 bits per heavy atom. The molecule has 0 radical (unpaired) electrons. The Kier molecular flexibility index (Phi) is 6.91. The predicted octanol–water partition coefficient (Wildman–Crippen LogP) is 5.09. The fourth-order valence-electron chi connectivity index (χ4n) is 2.23. The molecular formula is C19H22ClNO3S. The van der Waals surface area contributed by atoms with Crippen LogP contribution in [0.4, 0.5) is 0 Å². The van der Waals surface area contributed by atoms with Crippen LogP contribution in [0.2, 0.25) is 5.02 Å². The van der Waals surface area contributed by atoms with Gasteiger partial charge in [-0.3, -0.25) is 4.79 Å². The Balaban J connectivity index is 2.09. The van der Waals surface area contributed by atoms with Crippen LogP contribution >= 0.6 is 22.9 Å². The molecule has 0 spiro atoms. The first-order valence-electron chi connectivity index (χ1n) is 7.97. The summed E-state index contributed by atoms with van der Waals surface area (Å²) >= 11 is 7.90. The van der Waals surface area contributed by atoms with E-state index in [-0.39, 0.29) is 18.1 Å². The van der Waals surface area contributed by atoms with Crippen LogP contribution in [0.5, 0.6) is 11.5 Å². The zero-order valence-electron chi connectivity index (χ0n) is 14.7. The predicted molar refractivity (Wildman–Crippen MR) is 104 cm³/mol. The Bertz CT molecular complexity index is 741. The van der Waals surface area contributed by atoms with Crippen molar-refractivity contribution in [1.29, 1.82) is 0 Å². The van der Waals surface area contributed by atoms with Crippen molar-refractivity contribution >= 4 is 34.9 Å². The highest BCUT2D eigenvalue weighted by Crippen LogP contribution is 2.37. The summed E-state index contributed by atoms with van der Waals surface area (Å²) in [6, 6.07) is 7.46. The minimum atomic E-state index is -0.168. The number of nitrogens with one attached hydrogen (secondary N) is 1. The second-order valence-corrected chi connectivity index (χ2v) is 7.17. The van der Waals surface area contributed by atoms with Crippen LogP contribution in [0.1, 0.15) is 37.3 Å². The number of ether oxygens (including phenoxy) is 2. The number of amides is 1. The Labute approximate surface area is 157 Å². The van der Waals surface area contributed by atoms with E-state index in [0.717, 1.165) is 10.4 Å². The highest BCUT2D eigenvalue weighted by Gasteiger charge is 2.13. The molecule has 0 fully saturated rings. The van der Waals surface area contributed by atoms with E-state index in [1.54, 1.807) is 36.7 Å². The van der Waals surface area contributed by atoms with Crippen LogP contribution in [0.15, 0.2) is 35.7 Å². The van der Waals surface area contributed by atoms with Gasteiger partial charge < -0.3 is 14.8 Å². The summed E-state index contributed by atoms with van der Waals surface area (Å²) in [5.74, 6) is 0.874. The normalized spacial score (nSPS) is 12.4. The molecule has 0 saturated carbocycles. The van der Waals surface area contributed by atoms with Crippen LogP contribution in [-0.2, 0) is 4.79 Å². The number of halogens is 1. The van der Waals surface area contributed by atoms with E-state index < -0.39 is 0 Å². The van der Waals surface area contributed by atoms with Gasteiger partial charge in [0.1, 0.15) is 0 Å². The molecule has 1 heterocycles. The van der Waals surface area contributed by atoms with Crippen molar-refractivity contribution < 1.29 is 14.3 Å². The van der Waals surface area contributed by atoms with Gasteiger partial charge in [0.15, 0.2) is 11.5 Å². The van der Waals surface area contributed by atoms with Crippen molar-refractivity contribution in [1.82, 2.24) is 5.32 Å². The maximum atomic E-state index is 12.1. The molecule has 134 valence electrons. The summed E-state index contributed by atoms with van der Waals surface area (Å²) in [4.78, 5) is 13.2. The van der Waals surface area contributed by atoms with Crippen molar-refractivity contribution in [3.05, 3.63) is 51.2 Å². The molecule has 1 amide bonds. The Morgan fingerprint density at radius 1 is 1.32 bits per heavy atom. The number of rotatable bonds is 7. The van der Waals surface area contributed by atoms with Gasteiger partial charge in [0, 0.05) is 11.0 Å². The molecular weight excluding hydrogens is 358 g/mol. The van der Waals surface area contributed by atoms with Crippen LogP contribution < -0.4 is 14.8 Å². The van der Waals surface area contributed by atoms with E-state index in [2.05, 4.69) is 5.32 Å². The summed E-state index contributed by atoms with van der Waals surface area (Å²) < 4.78 is 11.0. The topological polar surface area (TPSA) is 47.6 Å². The van der Waals surface area contributed by atoms with E-state index in [9.17, 15) is 4.79 Å². The van der Waals surface area contributed by atoms with Gasteiger partial charge in [-0.15, -0.1) is 11.3 Å². The third-order valence-corrected chi connectivity index (χ3v) is 4.70. The number of hydrogen-bond acceptors (Lipinski definition) is 4. The standard InChI is InChI=1S/C19H22ClNO3S/c1-12(2)24-19-15(20)10-14(11-16(19)23-4)7-8-18(22)21-13(3)17-6-5-9-25-17/h5-13H,1-4H3,(H,21,22)/b8-7+. The fraction of sp³-hybridized carbons (Fsp3) is 0.316. The SMILES string of the molecule is COc1cc(/C=C/C(=O)NC(C)c2cccs2)cc(Cl)c1OC(C)C. The Morgan fingerprint density at radius 2 is 2.08 bits per heavy atom. The number of carbonyl (C=O) groups excluding carboxylic acids is 1. The molecule has 1 aromatic heterocycles. The quantitative estimate of drug-likeness (QED) is 0.682. The number of methoxy groups -OCH3 is 1. The van der Waals surface area contributed by atoms with Gasteiger partial charge >= 0.3 is 0 Å². The number of hydrogen-bond donors (Lipinski definition) is 1. The summed E-state index contributed by atoms with van der Waals surface area (Å²) in [6.07, 6.45) is 3.17. The number of thiophene rings is 1. The second-order valence-electron chi connectivity index (χ2n) is 5.78. The molecule has 1 unspecified atom stereocenters. The van der Waals surface area contributed by atoms with Crippen molar-refractivity contribution in [2.24, 2.45) is 0 Å². The van der Waals surface area contributed by atoms with Crippen molar-refractivity contribution in [2.45, 2.75) is 32.9 Å². The smallest absolute Gasteiger partial charge is 0.244 e. The molecule has 0 saturated heterocycles. The molecule has 25 heavy (non-hydrogen) atoms. The van der Waals surface area contributed by atoms with E-state index in [4.69, 9.17) is 21.1 Å². The number of benzene rings is 1. The highest BCUT2D eigenvalue weighted by molar-refractivity contribution is 7.10. The van der Waals surface area contributed by atoms with E-state index >= 15 is 0 Å². The first-order chi connectivity index (χ1) is 11.9. The molecule has 2 aromatic rings. The van der Waals surface area contributed by atoms with Gasteiger partial charge in [-0.05, 0) is 56.0 Å². The molecule has 1 N–H and O–H groups in total. The monoisotopic (exact) mass is 379 g/mol. The first-order valence-corrected chi connectivity index (χ1v) is 9.22. The first kappa shape index (κ1) is 19.3. The molecule has 4 nitrogen and oxygen atoms in total. The van der Waals surface area contributed by atoms with E-state index in [1.165, 1.54) is 6.08 Å².